The highest BCUT2D eigenvalue weighted by atomic mass is 127. The Morgan fingerprint density at radius 3 is 2.63 bits per heavy atom. The van der Waals surface area contributed by atoms with Gasteiger partial charge in [0.1, 0.15) is 17.0 Å². The number of aromatic nitrogens is 1. The normalized spacial score (nSPS) is 17.3. The van der Waals surface area contributed by atoms with Gasteiger partial charge in [-0.05, 0) is 19.9 Å². The summed E-state index contributed by atoms with van der Waals surface area (Å²) in [5.74, 6) is 2.39. The molecule has 158 valence electrons. The van der Waals surface area contributed by atoms with Crippen LogP contribution in [0.15, 0.2) is 70.2 Å². The van der Waals surface area contributed by atoms with Gasteiger partial charge in [0, 0.05) is 30.7 Å². The second-order valence-corrected chi connectivity index (χ2v) is 7.77. The molecule has 30 heavy (non-hydrogen) atoms. The number of halogens is 1. The van der Waals surface area contributed by atoms with Crippen LogP contribution in [-0.2, 0) is 6.54 Å². The largest absolute Gasteiger partial charge is 0.487 e. The van der Waals surface area contributed by atoms with Gasteiger partial charge < -0.3 is 19.9 Å². The van der Waals surface area contributed by atoms with Crippen LogP contribution in [0.5, 0.6) is 5.75 Å². The second-order valence-electron chi connectivity index (χ2n) is 7.77. The lowest BCUT2D eigenvalue weighted by Gasteiger charge is -2.38. The van der Waals surface area contributed by atoms with Gasteiger partial charge in [-0.15, -0.1) is 24.0 Å². The Labute approximate surface area is 194 Å². The van der Waals surface area contributed by atoms with Crippen molar-refractivity contribution in [2.45, 2.75) is 38.5 Å². The van der Waals surface area contributed by atoms with E-state index in [1.807, 2.05) is 54.6 Å². The molecule has 1 aliphatic heterocycles. The monoisotopic (exact) mass is 518 g/mol. The average molecular weight is 518 g/mol. The molecule has 1 aliphatic rings. The Hall–Kier alpha value is -2.55. The Morgan fingerprint density at radius 1 is 1.13 bits per heavy atom. The van der Waals surface area contributed by atoms with Crippen LogP contribution in [0.2, 0.25) is 0 Å². The maximum absolute atomic E-state index is 6.12. The molecule has 0 fully saturated rings. The van der Waals surface area contributed by atoms with E-state index >= 15 is 0 Å². The van der Waals surface area contributed by atoms with Crippen LogP contribution in [0.25, 0.3) is 11.3 Å². The molecular weight excluding hydrogens is 491 g/mol. The van der Waals surface area contributed by atoms with Crippen molar-refractivity contribution in [1.29, 1.82) is 0 Å². The number of fused-ring (bicyclic) bond motifs is 1. The minimum Gasteiger partial charge on any atom is -0.487 e. The highest BCUT2D eigenvalue weighted by Crippen LogP contribution is 2.39. The van der Waals surface area contributed by atoms with Gasteiger partial charge >= 0.3 is 0 Å². The van der Waals surface area contributed by atoms with E-state index in [4.69, 9.17) is 9.26 Å². The van der Waals surface area contributed by atoms with E-state index in [9.17, 15) is 0 Å². The summed E-state index contributed by atoms with van der Waals surface area (Å²) in [6.45, 7) is 4.73. The van der Waals surface area contributed by atoms with E-state index in [0.29, 0.717) is 12.5 Å². The Kier molecular flexibility index (Phi) is 7.02. The highest BCUT2D eigenvalue weighted by molar-refractivity contribution is 14.0. The molecule has 1 atom stereocenters. The molecule has 1 unspecified atom stereocenters. The van der Waals surface area contributed by atoms with Crippen LogP contribution in [0.1, 0.15) is 37.6 Å². The van der Waals surface area contributed by atoms with Crippen molar-refractivity contribution in [3.8, 4) is 17.1 Å². The first kappa shape index (κ1) is 22.1. The molecule has 0 saturated heterocycles. The zero-order chi connectivity index (χ0) is 20.3. The summed E-state index contributed by atoms with van der Waals surface area (Å²) in [7, 11) is 1.77. The zero-order valence-electron chi connectivity index (χ0n) is 17.4. The zero-order valence-corrected chi connectivity index (χ0v) is 19.7. The first-order valence-corrected chi connectivity index (χ1v) is 9.80. The first-order chi connectivity index (χ1) is 14.0. The fourth-order valence-electron chi connectivity index (χ4n) is 3.60. The molecule has 0 saturated carbocycles. The van der Waals surface area contributed by atoms with Gasteiger partial charge in [0.2, 0.25) is 0 Å². The lowest BCUT2D eigenvalue weighted by molar-refractivity contribution is 0.0694. The lowest BCUT2D eigenvalue weighted by atomic mass is 9.90. The number of benzene rings is 2. The molecule has 2 N–H and O–H groups in total. The molecule has 3 aromatic rings. The van der Waals surface area contributed by atoms with Crippen molar-refractivity contribution in [3.63, 3.8) is 0 Å². The molecule has 4 rings (SSSR count). The maximum Gasteiger partial charge on any atom is 0.191 e. The van der Waals surface area contributed by atoms with Crippen LogP contribution >= 0.6 is 24.0 Å². The molecule has 6 nitrogen and oxygen atoms in total. The molecule has 1 aromatic heterocycles. The summed E-state index contributed by atoms with van der Waals surface area (Å²) in [6.07, 6.45) is 0.840. The van der Waals surface area contributed by atoms with Crippen molar-refractivity contribution in [2.75, 3.05) is 7.05 Å². The van der Waals surface area contributed by atoms with Gasteiger partial charge in [-0.3, -0.25) is 4.99 Å². The van der Waals surface area contributed by atoms with E-state index in [-0.39, 0.29) is 35.6 Å². The van der Waals surface area contributed by atoms with Gasteiger partial charge in [0.05, 0.1) is 12.6 Å². The Morgan fingerprint density at radius 2 is 1.87 bits per heavy atom. The van der Waals surface area contributed by atoms with Crippen LogP contribution in [0.4, 0.5) is 0 Å². The molecule has 0 bridgehead atoms. The predicted molar refractivity (Wildman–Crippen MR) is 129 cm³/mol. The number of aliphatic imine (C=N–C) groups is 1. The molecular formula is C23H27IN4O2. The second kappa shape index (κ2) is 9.51. The molecule has 7 heteroatoms. The number of hydrogen-bond donors (Lipinski definition) is 2. The average Bonchev–Trinajstić information content (AvgIpc) is 3.20. The van der Waals surface area contributed by atoms with E-state index in [2.05, 4.69) is 40.7 Å². The van der Waals surface area contributed by atoms with Crippen LogP contribution in [-0.4, -0.2) is 23.8 Å². The standard InChI is InChI=1S/C23H26N4O2.HI/c1-23(2)14-19(18-11-7-8-12-20(18)28-23)26-22(24-3)25-15-17-13-21(29-27-17)16-9-5-4-6-10-16;/h4-13,19H,14-15H2,1-3H3,(H2,24,25,26);1H. The van der Waals surface area contributed by atoms with Crippen molar-refractivity contribution in [1.82, 2.24) is 15.8 Å². The quantitative estimate of drug-likeness (QED) is 0.291. The molecule has 0 amide bonds. The van der Waals surface area contributed by atoms with E-state index in [1.165, 1.54) is 0 Å². The Balaban J connectivity index is 0.00000256. The predicted octanol–water partition coefficient (Wildman–Crippen LogP) is 4.93. The topological polar surface area (TPSA) is 71.7 Å². The number of nitrogens with one attached hydrogen (secondary N) is 2. The minimum absolute atomic E-state index is 0. The van der Waals surface area contributed by atoms with Gasteiger partial charge in [-0.2, -0.15) is 0 Å². The summed E-state index contributed by atoms with van der Waals surface area (Å²) in [5.41, 5.74) is 2.72. The van der Waals surface area contributed by atoms with Gasteiger partial charge in [-0.25, -0.2) is 0 Å². The highest BCUT2D eigenvalue weighted by Gasteiger charge is 2.33. The first-order valence-electron chi connectivity index (χ1n) is 9.80. The summed E-state index contributed by atoms with van der Waals surface area (Å²) in [4.78, 5) is 4.38. The molecule has 2 aromatic carbocycles. The molecule has 0 radical (unpaired) electrons. The number of guanidine groups is 1. The number of para-hydroxylation sites is 1. The van der Waals surface area contributed by atoms with Crippen LogP contribution in [0.3, 0.4) is 0 Å². The number of hydrogen-bond acceptors (Lipinski definition) is 4. The van der Waals surface area contributed by atoms with Crippen molar-refractivity contribution in [3.05, 3.63) is 71.9 Å². The van der Waals surface area contributed by atoms with Crippen molar-refractivity contribution in [2.24, 2.45) is 4.99 Å². The van der Waals surface area contributed by atoms with Crippen molar-refractivity contribution < 1.29 is 9.26 Å². The fraction of sp³-hybridized carbons (Fsp3) is 0.304. The summed E-state index contributed by atoms with van der Waals surface area (Å²) < 4.78 is 11.6. The maximum atomic E-state index is 6.12. The van der Waals surface area contributed by atoms with E-state index in [0.717, 1.165) is 34.8 Å². The lowest BCUT2D eigenvalue weighted by Crippen LogP contribution is -2.45. The Bertz CT molecular complexity index is 1000. The third-order valence-corrected chi connectivity index (χ3v) is 4.97. The van der Waals surface area contributed by atoms with E-state index < -0.39 is 0 Å². The van der Waals surface area contributed by atoms with Gasteiger partial charge in [0.25, 0.3) is 0 Å². The van der Waals surface area contributed by atoms with Crippen molar-refractivity contribution >= 4 is 29.9 Å². The van der Waals surface area contributed by atoms with Gasteiger partial charge in [-0.1, -0.05) is 53.7 Å². The number of rotatable bonds is 4. The number of ether oxygens (including phenoxy) is 1. The molecule has 0 spiro atoms. The SMILES string of the molecule is CN=C(NCc1cc(-c2ccccc2)on1)NC1CC(C)(C)Oc2ccccc21.I. The number of nitrogens with zero attached hydrogens (tertiary/aromatic N) is 2. The summed E-state index contributed by atoms with van der Waals surface area (Å²) in [5, 5.41) is 11.0. The summed E-state index contributed by atoms with van der Waals surface area (Å²) >= 11 is 0. The van der Waals surface area contributed by atoms with Crippen LogP contribution in [0, 0.1) is 0 Å². The minimum atomic E-state index is -0.248. The van der Waals surface area contributed by atoms with Gasteiger partial charge in [0.15, 0.2) is 11.7 Å². The third kappa shape index (κ3) is 5.13. The fourth-order valence-corrected chi connectivity index (χ4v) is 3.60. The molecule has 0 aliphatic carbocycles. The van der Waals surface area contributed by atoms with Crippen LogP contribution < -0.4 is 15.4 Å². The smallest absolute Gasteiger partial charge is 0.191 e. The van der Waals surface area contributed by atoms with E-state index in [1.54, 1.807) is 7.05 Å². The summed E-state index contributed by atoms with van der Waals surface area (Å²) in [6, 6.07) is 20.1. The molecule has 2 heterocycles. The third-order valence-electron chi connectivity index (χ3n) is 4.97.